The first-order chi connectivity index (χ1) is 13.1. The molecule has 0 saturated carbocycles. The van der Waals surface area contributed by atoms with Crippen LogP contribution in [0.15, 0.2) is 61.2 Å². The second kappa shape index (κ2) is 8.51. The van der Waals surface area contributed by atoms with Crippen LogP contribution < -0.4 is 5.32 Å². The molecule has 2 aromatic rings. The van der Waals surface area contributed by atoms with Crippen LogP contribution in [0.3, 0.4) is 0 Å². The van der Waals surface area contributed by atoms with E-state index in [-0.39, 0.29) is 12.0 Å². The standard InChI is InChI=1S/C23H27NO3/c1-4-14-23(22(25)26-3)20-13-9-8-12-19(20)17(2)21(24-23)16-27-15-18-10-6-5-7-11-18/h5-13,21,24H,2,4,14-16H2,1,3H3. The highest BCUT2D eigenvalue weighted by Gasteiger charge is 2.47. The molecule has 2 atom stereocenters. The number of fused-ring (bicyclic) bond motifs is 1. The highest BCUT2D eigenvalue weighted by Crippen LogP contribution is 2.39. The summed E-state index contributed by atoms with van der Waals surface area (Å²) in [7, 11) is 1.44. The monoisotopic (exact) mass is 365 g/mol. The lowest BCUT2D eigenvalue weighted by molar-refractivity contribution is -0.150. The van der Waals surface area contributed by atoms with Crippen molar-refractivity contribution < 1.29 is 14.3 Å². The number of carbonyl (C=O) groups excluding carboxylic acids is 1. The number of rotatable bonds is 7. The lowest BCUT2D eigenvalue weighted by atomic mass is 9.75. The van der Waals surface area contributed by atoms with Crippen molar-refractivity contribution in [2.75, 3.05) is 13.7 Å². The van der Waals surface area contributed by atoms with E-state index in [9.17, 15) is 4.79 Å². The molecule has 1 heterocycles. The van der Waals surface area contributed by atoms with Crippen LogP contribution in [0.1, 0.15) is 36.5 Å². The first kappa shape index (κ1) is 19.3. The van der Waals surface area contributed by atoms with E-state index < -0.39 is 5.54 Å². The third-order valence-corrected chi connectivity index (χ3v) is 5.13. The molecule has 0 spiro atoms. The molecule has 0 amide bonds. The number of ether oxygens (including phenoxy) is 2. The molecule has 0 aromatic heterocycles. The second-order valence-corrected chi connectivity index (χ2v) is 6.92. The van der Waals surface area contributed by atoms with Crippen molar-refractivity contribution in [2.45, 2.75) is 38.0 Å². The molecule has 0 saturated heterocycles. The summed E-state index contributed by atoms with van der Waals surface area (Å²) in [6, 6.07) is 17.8. The number of hydrogen-bond donors (Lipinski definition) is 1. The van der Waals surface area contributed by atoms with Crippen LogP contribution in [0.4, 0.5) is 0 Å². The van der Waals surface area contributed by atoms with Crippen molar-refractivity contribution in [1.29, 1.82) is 0 Å². The summed E-state index contributed by atoms with van der Waals surface area (Å²) in [4.78, 5) is 12.8. The largest absolute Gasteiger partial charge is 0.467 e. The van der Waals surface area contributed by atoms with Gasteiger partial charge in [-0.3, -0.25) is 5.32 Å². The zero-order valence-corrected chi connectivity index (χ0v) is 16.0. The van der Waals surface area contributed by atoms with Gasteiger partial charge in [0.05, 0.1) is 26.4 Å². The summed E-state index contributed by atoms with van der Waals surface area (Å²) in [6.07, 6.45) is 1.50. The smallest absolute Gasteiger partial charge is 0.330 e. The number of methoxy groups -OCH3 is 1. The topological polar surface area (TPSA) is 47.6 Å². The molecular formula is C23H27NO3. The fourth-order valence-electron chi connectivity index (χ4n) is 3.82. The van der Waals surface area contributed by atoms with E-state index in [0.29, 0.717) is 19.6 Å². The average molecular weight is 365 g/mol. The lowest BCUT2D eigenvalue weighted by Gasteiger charge is -2.42. The second-order valence-electron chi connectivity index (χ2n) is 6.92. The molecule has 1 aliphatic heterocycles. The fourth-order valence-corrected chi connectivity index (χ4v) is 3.82. The third-order valence-electron chi connectivity index (χ3n) is 5.13. The van der Waals surface area contributed by atoms with Gasteiger partial charge in [-0.15, -0.1) is 0 Å². The van der Waals surface area contributed by atoms with Crippen LogP contribution in [-0.4, -0.2) is 25.7 Å². The van der Waals surface area contributed by atoms with E-state index in [4.69, 9.17) is 9.47 Å². The van der Waals surface area contributed by atoms with Gasteiger partial charge in [-0.05, 0) is 28.7 Å². The van der Waals surface area contributed by atoms with Crippen molar-refractivity contribution in [2.24, 2.45) is 0 Å². The first-order valence-corrected chi connectivity index (χ1v) is 9.39. The molecule has 4 heteroatoms. The van der Waals surface area contributed by atoms with E-state index in [2.05, 4.69) is 18.8 Å². The number of esters is 1. The zero-order valence-electron chi connectivity index (χ0n) is 16.0. The fraction of sp³-hybridized carbons (Fsp3) is 0.348. The summed E-state index contributed by atoms with van der Waals surface area (Å²) in [5.74, 6) is -0.266. The molecule has 1 N–H and O–H groups in total. The van der Waals surface area contributed by atoms with Gasteiger partial charge in [-0.2, -0.15) is 0 Å². The van der Waals surface area contributed by atoms with Gasteiger partial charge in [0, 0.05) is 0 Å². The van der Waals surface area contributed by atoms with Gasteiger partial charge in [0.25, 0.3) is 0 Å². The molecule has 2 aromatic carbocycles. The third kappa shape index (κ3) is 3.82. The Bertz CT molecular complexity index is 802. The SMILES string of the molecule is C=C1c2ccccc2C(CCC)(C(=O)OC)NC1COCc1ccccc1. The Hall–Kier alpha value is -2.43. The molecule has 0 bridgehead atoms. The predicted octanol–water partition coefficient (Wildman–Crippen LogP) is 4.06. The summed E-state index contributed by atoms with van der Waals surface area (Å²) in [5.41, 5.74) is 3.12. The summed E-state index contributed by atoms with van der Waals surface area (Å²) in [5, 5.41) is 3.51. The molecule has 2 unspecified atom stereocenters. The maximum atomic E-state index is 12.8. The van der Waals surface area contributed by atoms with E-state index in [1.54, 1.807) is 0 Å². The van der Waals surface area contributed by atoms with Crippen molar-refractivity contribution in [3.8, 4) is 0 Å². The van der Waals surface area contributed by atoms with Crippen LogP contribution in [0.5, 0.6) is 0 Å². The molecule has 3 rings (SSSR count). The summed E-state index contributed by atoms with van der Waals surface area (Å²) in [6.45, 7) is 7.30. The Labute approximate surface area is 161 Å². The van der Waals surface area contributed by atoms with Gasteiger partial charge in [0.2, 0.25) is 0 Å². The zero-order chi connectivity index (χ0) is 19.3. The molecule has 4 nitrogen and oxygen atoms in total. The maximum absolute atomic E-state index is 12.8. The number of carbonyl (C=O) groups is 1. The molecule has 0 radical (unpaired) electrons. The van der Waals surface area contributed by atoms with Crippen molar-refractivity contribution in [3.05, 3.63) is 77.9 Å². The van der Waals surface area contributed by atoms with Crippen molar-refractivity contribution >= 4 is 11.5 Å². The van der Waals surface area contributed by atoms with Gasteiger partial charge < -0.3 is 9.47 Å². The number of nitrogens with one attached hydrogen (secondary N) is 1. The Morgan fingerprint density at radius 2 is 1.85 bits per heavy atom. The first-order valence-electron chi connectivity index (χ1n) is 9.39. The van der Waals surface area contributed by atoms with Crippen molar-refractivity contribution in [1.82, 2.24) is 5.32 Å². The minimum atomic E-state index is -0.873. The molecule has 0 fully saturated rings. The number of benzene rings is 2. The molecule has 27 heavy (non-hydrogen) atoms. The van der Waals surface area contributed by atoms with E-state index >= 15 is 0 Å². The van der Waals surface area contributed by atoms with E-state index in [0.717, 1.165) is 28.7 Å². The lowest BCUT2D eigenvalue weighted by Crippen LogP contribution is -2.58. The van der Waals surface area contributed by atoms with Gasteiger partial charge >= 0.3 is 5.97 Å². The van der Waals surface area contributed by atoms with E-state index in [1.165, 1.54) is 7.11 Å². The van der Waals surface area contributed by atoms with Gasteiger partial charge in [-0.1, -0.05) is 74.5 Å². The van der Waals surface area contributed by atoms with Crippen LogP contribution in [0.2, 0.25) is 0 Å². The average Bonchev–Trinajstić information content (AvgIpc) is 2.71. The Balaban J connectivity index is 1.86. The normalized spacial score (nSPS) is 21.6. The van der Waals surface area contributed by atoms with Gasteiger partial charge in [0.15, 0.2) is 0 Å². The summed E-state index contributed by atoms with van der Waals surface area (Å²) >= 11 is 0. The highest BCUT2D eigenvalue weighted by molar-refractivity contribution is 5.88. The Kier molecular flexibility index (Phi) is 6.09. The van der Waals surface area contributed by atoms with Crippen LogP contribution in [0.25, 0.3) is 5.57 Å². The van der Waals surface area contributed by atoms with Gasteiger partial charge in [0.1, 0.15) is 5.54 Å². The molecule has 142 valence electrons. The van der Waals surface area contributed by atoms with Gasteiger partial charge in [-0.25, -0.2) is 4.79 Å². The minimum absolute atomic E-state index is 0.158. The maximum Gasteiger partial charge on any atom is 0.330 e. The van der Waals surface area contributed by atoms with Crippen LogP contribution >= 0.6 is 0 Å². The van der Waals surface area contributed by atoms with Crippen LogP contribution in [-0.2, 0) is 26.4 Å². The Morgan fingerprint density at radius 3 is 2.56 bits per heavy atom. The summed E-state index contributed by atoms with van der Waals surface area (Å²) < 4.78 is 11.1. The predicted molar refractivity (Wildman–Crippen MR) is 107 cm³/mol. The Morgan fingerprint density at radius 1 is 1.15 bits per heavy atom. The van der Waals surface area contributed by atoms with E-state index in [1.807, 2.05) is 54.6 Å². The molecule has 0 aliphatic carbocycles. The molecular weight excluding hydrogens is 338 g/mol. The highest BCUT2D eigenvalue weighted by atomic mass is 16.5. The minimum Gasteiger partial charge on any atom is -0.467 e. The van der Waals surface area contributed by atoms with Crippen LogP contribution in [0, 0.1) is 0 Å². The van der Waals surface area contributed by atoms with Crippen molar-refractivity contribution in [3.63, 3.8) is 0 Å². The molecule has 1 aliphatic rings. The number of hydrogen-bond acceptors (Lipinski definition) is 4. The quantitative estimate of drug-likeness (QED) is 0.752.